The van der Waals surface area contributed by atoms with Gasteiger partial charge in [-0.2, -0.15) is 8.42 Å². The topological polar surface area (TPSA) is 86.5 Å². The van der Waals surface area contributed by atoms with E-state index in [0.717, 1.165) is 5.56 Å². The number of hydrogen-bond donors (Lipinski definition) is 1. The highest BCUT2D eigenvalue weighted by molar-refractivity contribution is 7.87. The van der Waals surface area contributed by atoms with Crippen molar-refractivity contribution < 1.29 is 17.4 Å². The van der Waals surface area contributed by atoms with Crippen LogP contribution in [0.4, 0.5) is 0 Å². The molecule has 5 nitrogen and oxygen atoms in total. The highest BCUT2D eigenvalue weighted by atomic mass is 32.2. The SMILES string of the molecule is CC(C)S(=O)(=O)OC1(C(N)=O)CCCC1c1ccccc1. The summed E-state index contributed by atoms with van der Waals surface area (Å²) in [6.07, 6.45) is 1.71. The fraction of sp³-hybridized carbons (Fsp3) is 0.533. The number of hydrogen-bond acceptors (Lipinski definition) is 4. The number of amides is 1. The summed E-state index contributed by atoms with van der Waals surface area (Å²) >= 11 is 0. The molecule has 21 heavy (non-hydrogen) atoms. The quantitative estimate of drug-likeness (QED) is 0.842. The molecule has 6 heteroatoms. The van der Waals surface area contributed by atoms with Crippen LogP contribution in [0, 0.1) is 0 Å². The summed E-state index contributed by atoms with van der Waals surface area (Å²) in [4.78, 5) is 12.0. The predicted molar refractivity (Wildman–Crippen MR) is 80.1 cm³/mol. The van der Waals surface area contributed by atoms with E-state index < -0.39 is 26.9 Å². The number of benzene rings is 1. The van der Waals surface area contributed by atoms with Gasteiger partial charge in [-0.25, -0.2) is 0 Å². The lowest BCUT2D eigenvalue weighted by Crippen LogP contribution is -2.50. The van der Waals surface area contributed by atoms with Crippen molar-refractivity contribution in [1.29, 1.82) is 0 Å². The molecule has 0 spiro atoms. The molecule has 1 saturated carbocycles. The lowest BCUT2D eigenvalue weighted by atomic mass is 9.84. The van der Waals surface area contributed by atoms with Gasteiger partial charge in [0.15, 0.2) is 5.60 Å². The fourth-order valence-electron chi connectivity index (χ4n) is 2.84. The van der Waals surface area contributed by atoms with Gasteiger partial charge in [-0.1, -0.05) is 30.3 Å². The van der Waals surface area contributed by atoms with E-state index >= 15 is 0 Å². The number of primary amides is 1. The first kappa shape index (κ1) is 16.0. The van der Waals surface area contributed by atoms with Crippen LogP contribution in [0.25, 0.3) is 0 Å². The van der Waals surface area contributed by atoms with Crippen molar-refractivity contribution in [3.05, 3.63) is 35.9 Å². The van der Waals surface area contributed by atoms with Crippen molar-refractivity contribution in [2.24, 2.45) is 5.73 Å². The fourth-order valence-corrected chi connectivity index (χ4v) is 3.73. The molecule has 116 valence electrons. The Kier molecular flexibility index (Phi) is 4.39. The molecule has 0 aliphatic heterocycles. The number of carbonyl (C=O) groups is 1. The molecule has 0 heterocycles. The standard InChI is InChI=1S/C15H21NO4S/c1-11(2)21(18,19)20-15(14(16)17)10-6-9-13(15)12-7-4-3-5-8-12/h3-5,7-8,11,13H,6,9-10H2,1-2H3,(H2,16,17). The van der Waals surface area contributed by atoms with Crippen LogP contribution < -0.4 is 5.73 Å². The van der Waals surface area contributed by atoms with Crippen LogP contribution in [0.2, 0.25) is 0 Å². The molecule has 1 fully saturated rings. The minimum atomic E-state index is -3.83. The van der Waals surface area contributed by atoms with Crippen molar-refractivity contribution >= 4 is 16.0 Å². The van der Waals surface area contributed by atoms with Crippen LogP contribution in [0.5, 0.6) is 0 Å². The first-order chi connectivity index (χ1) is 9.79. The van der Waals surface area contributed by atoms with Gasteiger partial charge in [-0.15, -0.1) is 0 Å². The Bertz CT molecular complexity index is 612. The summed E-state index contributed by atoms with van der Waals surface area (Å²) in [6.45, 7) is 3.05. The molecule has 0 radical (unpaired) electrons. The van der Waals surface area contributed by atoms with E-state index in [1.165, 1.54) is 13.8 Å². The molecule has 2 rings (SSSR count). The number of rotatable bonds is 5. The Morgan fingerprint density at radius 2 is 1.95 bits per heavy atom. The van der Waals surface area contributed by atoms with Crippen LogP contribution in [0.15, 0.2) is 30.3 Å². The maximum absolute atomic E-state index is 12.1. The number of carbonyl (C=O) groups excluding carboxylic acids is 1. The Hall–Kier alpha value is -1.40. The molecule has 2 N–H and O–H groups in total. The molecule has 2 atom stereocenters. The van der Waals surface area contributed by atoms with Gasteiger partial charge in [0.1, 0.15) is 0 Å². The summed E-state index contributed by atoms with van der Waals surface area (Å²) in [5.74, 6) is -1.04. The zero-order valence-corrected chi connectivity index (χ0v) is 13.1. The Balaban J connectivity index is 2.44. The van der Waals surface area contributed by atoms with Crippen molar-refractivity contribution in [2.45, 2.75) is 49.9 Å². The van der Waals surface area contributed by atoms with Gasteiger partial charge in [-0.05, 0) is 38.7 Å². The van der Waals surface area contributed by atoms with E-state index in [-0.39, 0.29) is 5.92 Å². The lowest BCUT2D eigenvalue weighted by Gasteiger charge is -2.32. The van der Waals surface area contributed by atoms with E-state index in [2.05, 4.69) is 0 Å². The van der Waals surface area contributed by atoms with E-state index in [0.29, 0.717) is 19.3 Å². The van der Waals surface area contributed by atoms with Gasteiger partial charge in [0.2, 0.25) is 0 Å². The zero-order valence-electron chi connectivity index (χ0n) is 12.3. The monoisotopic (exact) mass is 311 g/mol. The van der Waals surface area contributed by atoms with Gasteiger partial charge in [-0.3, -0.25) is 8.98 Å². The third-order valence-electron chi connectivity index (χ3n) is 4.07. The van der Waals surface area contributed by atoms with Crippen LogP contribution in [-0.4, -0.2) is 25.2 Å². The highest BCUT2D eigenvalue weighted by Crippen LogP contribution is 2.46. The van der Waals surface area contributed by atoms with Gasteiger partial charge in [0.25, 0.3) is 16.0 Å². The third kappa shape index (κ3) is 2.96. The Labute approximate surface area is 125 Å². The van der Waals surface area contributed by atoms with E-state index in [4.69, 9.17) is 9.92 Å². The van der Waals surface area contributed by atoms with Gasteiger partial charge >= 0.3 is 0 Å². The largest absolute Gasteiger partial charge is 0.367 e. The summed E-state index contributed by atoms with van der Waals surface area (Å²) in [7, 11) is -3.83. The average molecular weight is 311 g/mol. The first-order valence-electron chi connectivity index (χ1n) is 7.09. The number of nitrogens with two attached hydrogens (primary N) is 1. The molecule has 0 saturated heterocycles. The van der Waals surface area contributed by atoms with Gasteiger partial charge in [0, 0.05) is 5.92 Å². The Morgan fingerprint density at radius 3 is 2.48 bits per heavy atom. The first-order valence-corrected chi connectivity index (χ1v) is 8.56. The molecule has 1 aromatic rings. The summed E-state index contributed by atoms with van der Waals surface area (Å²) in [5, 5.41) is -0.717. The van der Waals surface area contributed by atoms with Crippen LogP contribution in [0.3, 0.4) is 0 Å². The molecular formula is C15H21NO4S. The van der Waals surface area contributed by atoms with E-state index in [1.807, 2.05) is 30.3 Å². The summed E-state index contributed by atoms with van der Waals surface area (Å²) < 4.78 is 29.7. The summed E-state index contributed by atoms with van der Waals surface area (Å²) in [5.41, 5.74) is 4.95. The van der Waals surface area contributed by atoms with Gasteiger partial charge in [0.05, 0.1) is 5.25 Å². The lowest BCUT2D eigenvalue weighted by molar-refractivity contribution is -0.134. The minimum absolute atomic E-state index is 0.327. The highest BCUT2D eigenvalue weighted by Gasteiger charge is 2.53. The molecule has 0 aromatic heterocycles. The second-order valence-electron chi connectivity index (χ2n) is 5.73. The summed E-state index contributed by atoms with van der Waals surface area (Å²) in [6, 6.07) is 9.33. The second-order valence-corrected chi connectivity index (χ2v) is 7.83. The van der Waals surface area contributed by atoms with Crippen LogP contribution in [0.1, 0.15) is 44.6 Å². The molecule has 1 aromatic carbocycles. The maximum Gasteiger partial charge on any atom is 0.270 e. The second kappa shape index (κ2) is 5.77. The molecule has 0 bridgehead atoms. The molecule has 1 amide bonds. The Morgan fingerprint density at radius 1 is 1.33 bits per heavy atom. The van der Waals surface area contributed by atoms with Crippen LogP contribution >= 0.6 is 0 Å². The molecule has 1 aliphatic carbocycles. The minimum Gasteiger partial charge on any atom is -0.367 e. The molecule has 2 unspecified atom stereocenters. The maximum atomic E-state index is 12.1. The smallest absolute Gasteiger partial charge is 0.270 e. The van der Waals surface area contributed by atoms with E-state index in [1.54, 1.807) is 0 Å². The van der Waals surface area contributed by atoms with Crippen molar-refractivity contribution in [2.75, 3.05) is 0 Å². The predicted octanol–water partition coefficient (Wildman–Crippen LogP) is 1.93. The zero-order chi connectivity index (χ0) is 15.7. The average Bonchev–Trinajstić information content (AvgIpc) is 2.84. The third-order valence-corrected chi connectivity index (χ3v) is 5.75. The van der Waals surface area contributed by atoms with Crippen molar-refractivity contribution in [3.8, 4) is 0 Å². The normalized spacial score (nSPS) is 26.1. The van der Waals surface area contributed by atoms with Crippen molar-refractivity contribution in [1.82, 2.24) is 0 Å². The van der Waals surface area contributed by atoms with E-state index in [9.17, 15) is 13.2 Å². The van der Waals surface area contributed by atoms with Gasteiger partial charge < -0.3 is 5.73 Å². The van der Waals surface area contributed by atoms with Crippen LogP contribution in [-0.2, 0) is 19.1 Å². The molecule has 1 aliphatic rings. The molecular weight excluding hydrogens is 290 g/mol. The van der Waals surface area contributed by atoms with Crippen molar-refractivity contribution in [3.63, 3.8) is 0 Å².